The molecule has 0 atom stereocenters. The number of aliphatic hydroxyl groups is 1. The Labute approximate surface area is 119 Å². The predicted octanol–water partition coefficient (Wildman–Crippen LogP) is 3.52. The van der Waals surface area contributed by atoms with Crippen LogP contribution in [0, 0.1) is 0 Å². The molecule has 0 amide bonds. The second kappa shape index (κ2) is 5.29. The minimum absolute atomic E-state index is 0.405. The van der Waals surface area contributed by atoms with Gasteiger partial charge in [-0.3, -0.25) is 0 Å². The van der Waals surface area contributed by atoms with Gasteiger partial charge in [-0.05, 0) is 24.3 Å². The highest BCUT2D eigenvalue weighted by Gasteiger charge is 2.18. The van der Waals surface area contributed by atoms with Crippen molar-refractivity contribution >= 4 is 17.1 Å². The molecular formula is C17H18N2O. The molecule has 2 aromatic carbocycles. The number of para-hydroxylation sites is 2. The summed E-state index contributed by atoms with van der Waals surface area (Å²) in [5.74, 6) is 0.405. The Morgan fingerprint density at radius 2 is 1.75 bits per heavy atom. The zero-order chi connectivity index (χ0) is 13.9. The lowest BCUT2D eigenvalue weighted by Crippen LogP contribution is -2.26. The molecule has 1 heterocycles. The zero-order valence-electron chi connectivity index (χ0n) is 11.5. The van der Waals surface area contributed by atoms with Crippen LogP contribution >= 0.6 is 0 Å². The lowest BCUT2D eigenvalue weighted by atomic mass is 10.0. The van der Waals surface area contributed by atoms with E-state index in [1.54, 1.807) is 0 Å². The number of likely N-dealkylation sites (N-methyl/N-ethyl adjacent to an activating group) is 1. The Morgan fingerprint density at radius 1 is 1.05 bits per heavy atom. The minimum atomic E-state index is 0.405. The third-order valence-corrected chi connectivity index (χ3v) is 3.63. The second-order valence-corrected chi connectivity index (χ2v) is 5.04. The summed E-state index contributed by atoms with van der Waals surface area (Å²) in [6, 6.07) is 18.0. The number of fused-ring (bicyclic) bond motifs is 1. The van der Waals surface area contributed by atoms with Gasteiger partial charge in [0, 0.05) is 42.6 Å². The van der Waals surface area contributed by atoms with E-state index in [1.807, 2.05) is 49.5 Å². The van der Waals surface area contributed by atoms with Gasteiger partial charge in [0.25, 0.3) is 0 Å². The molecule has 0 fully saturated rings. The van der Waals surface area contributed by atoms with Crippen molar-refractivity contribution in [1.29, 1.82) is 0 Å². The van der Waals surface area contributed by atoms with Crippen LogP contribution in [0.4, 0.5) is 11.4 Å². The Morgan fingerprint density at radius 3 is 2.55 bits per heavy atom. The van der Waals surface area contributed by atoms with Gasteiger partial charge in [0.15, 0.2) is 0 Å². The van der Waals surface area contributed by atoms with Crippen LogP contribution in [0.25, 0.3) is 5.76 Å². The zero-order valence-corrected chi connectivity index (χ0v) is 11.5. The molecular weight excluding hydrogens is 248 g/mol. The number of anilines is 2. The first-order valence-electron chi connectivity index (χ1n) is 6.76. The van der Waals surface area contributed by atoms with Crippen LogP contribution in [0.1, 0.15) is 5.56 Å². The molecule has 0 saturated heterocycles. The van der Waals surface area contributed by atoms with Crippen molar-refractivity contribution in [3.63, 3.8) is 0 Å². The predicted molar refractivity (Wildman–Crippen MR) is 84.2 cm³/mol. The standard InChI is InChI=1S/C17H18N2O/c1-19(14-7-3-2-4-8-14)12-13-11-18-16-10-6-5-9-15(16)17(13)20/h2-10,18,20H,11-12H2,1H3. The minimum Gasteiger partial charge on any atom is -0.507 e. The summed E-state index contributed by atoms with van der Waals surface area (Å²) in [4.78, 5) is 2.14. The topological polar surface area (TPSA) is 35.5 Å². The number of nitrogens with one attached hydrogen (secondary N) is 1. The smallest absolute Gasteiger partial charge is 0.127 e. The highest BCUT2D eigenvalue weighted by atomic mass is 16.3. The van der Waals surface area contributed by atoms with Gasteiger partial charge in [0.2, 0.25) is 0 Å². The molecule has 0 spiro atoms. The van der Waals surface area contributed by atoms with Crippen LogP contribution in [0.5, 0.6) is 0 Å². The van der Waals surface area contributed by atoms with E-state index in [1.165, 1.54) is 0 Å². The number of aliphatic hydroxyl groups excluding tert-OH is 1. The monoisotopic (exact) mass is 266 g/mol. The number of nitrogens with zero attached hydrogens (tertiary/aromatic N) is 1. The lowest BCUT2D eigenvalue weighted by Gasteiger charge is -2.26. The second-order valence-electron chi connectivity index (χ2n) is 5.04. The number of rotatable bonds is 3. The first-order chi connectivity index (χ1) is 9.75. The Kier molecular flexibility index (Phi) is 3.33. The first kappa shape index (κ1) is 12.6. The van der Waals surface area contributed by atoms with Gasteiger partial charge in [-0.15, -0.1) is 0 Å². The summed E-state index contributed by atoms with van der Waals surface area (Å²) < 4.78 is 0. The third kappa shape index (κ3) is 2.35. The average molecular weight is 266 g/mol. The van der Waals surface area contributed by atoms with Crippen molar-refractivity contribution in [2.45, 2.75) is 0 Å². The van der Waals surface area contributed by atoms with E-state index >= 15 is 0 Å². The van der Waals surface area contributed by atoms with Crippen LogP contribution in [0.2, 0.25) is 0 Å². The molecule has 3 nitrogen and oxygen atoms in total. The number of benzene rings is 2. The van der Waals surface area contributed by atoms with Gasteiger partial charge in [-0.1, -0.05) is 30.3 Å². The fraction of sp³-hybridized carbons (Fsp3) is 0.176. The maximum absolute atomic E-state index is 10.4. The largest absolute Gasteiger partial charge is 0.507 e. The molecule has 3 heteroatoms. The summed E-state index contributed by atoms with van der Waals surface area (Å²) in [7, 11) is 2.04. The fourth-order valence-electron chi connectivity index (χ4n) is 2.51. The molecule has 3 rings (SSSR count). The average Bonchev–Trinajstić information content (AvgIpc) is 2.51. The van der Waals surface area contributed by atoms with E-state index in [-0.39, 0.29) is 0 Å². The van der Waals surface area contributed by atoms with Crippen LogP contribution in [-0.2, 0) is 0 Å². The summed E-state index contributed by atoms with van der Waals surface area (Å²) in [5, 5.41) is 13.8. The van der Waals surface area contributed by atoms with Crippen LogP contribution in [0.15, 0.2) is 60.2 Å². The first-order valence-corrected chi connectivity index (χ1v) is 6.76. The molecule has 0 unspecified atom stereocenters. The normalized spacial score (nSPS) is 13.7. The molecule has 1 aliphatic heterocycles. The van der Waals surface area contributed by atoms with Crippen LogP contribution < -0.4 is 10.2 Å². The van der Waals surface area contributed by atoms with Crippen molar-refractivity contribution in [3.05, 3.63) is 65.7 Å². The van der Waals surface area contributed by atoms with Gasteiger partial charge in [0.1, 0.15) is 5.76 Å². The molecule has 0 aliphatic carbocycles. The van der Waals surface area contributed by atoms with Gasteiger partial charge in [0.05, 0.1) is 0 Å². The van der Waals surface area contributed by atoms with Crippen molar-refractivity contribution in [1.82, 2.24) is 0 Å². The quantitative estimate of drug-likeness (QED) is 0.892. The summed E-state index contributed by atoms with van der Waals surface area (Å²) in [6.07, 6.45) is 0. The van der Waals surface area contributed by atoms with Crippen molar-refractivity contribution in [2.75, 3.05) is 30.4 Å². The van der Waals surface area contributed by atoms with Gasteiger partial charge >= 0.3 is 0 Å². The Balaban J connectivity index is 1.85. The van der Waals surface area contributed by atoms with E-state index in [0.717, 1.165) is 22.5 Å². The Bertz CT molecular complexity index is 634. The SMILES string of the molecule is CN(CC1=C(O)c2ccccc2NC1)c1ccccc1. The van der Waals surface area contributed by atoms with Crippen molar-refractivity contribution in [3.8, 4) is 0 Å². The van der Waals surface area contributed by atoms with E-state index in [9.17, 15) is 5.11 Å². The highest BCUT2D eigenvalue weighted by Crippen LogP contribution is 2.29. The fourth-order valence-corrected chi connectivity index (χ4v) is 2.51. The number of hydrogen-bond acceptors (Lipinski definition) is 3. The van der Waals surface area contributed by atoms with Crippen molar-refractivity contribution in [2.24, 2.45) is 0 Å². The van der Waals surface area contributed by atoms with Crippen molar-refractivity contribution < 1.29 is 5.11 Å². The molecule has 0 bridgehead atoms. The van der Waals surface area contributed by atoms with Gasteiger partial charge < -0.3 is 15.3 Å². The maximum atomic E-state index is 10.4. The lowest BCUT2D eigenvalue weighted by molar-refractivity contribution is 0.503. The molecule has 20 heavy (non-hydrogen) atoms. The van der Waals surface area contributed by atoms with Gasteiger partial charge in [-0.2, -0.15) is 0 Å². The summed E-state index contributed by atoms with van der Waals surface area (Å²) >= 11 is 0. The molecule has 102 valence electrons. The highest BCUT2D eigenvalue weighted by molar-refractivity contribution is 5.78. The maximum Gasteiger partial charge on any atom is 0.127 e. The van der Waals surface area contributed by atoms with Crippen LogP contribution in [0.3, 0.4) is 0 Å². The van der Waals surface area contributed by atoms with E-state index in [4.69, 9.17) is 0 Å². The number of hydrogen-bond donors (Lipinski definition) is 2. The molecule has 2 aromatic rings. The van der Waals surface area contributed by atoms with Crippen LogP contribution in [-0.4, -0.2) is 25.2 Å². The Hall–Kier alpha value is -2.42. The van der Waals surface area contributed by atoms with E-state index < -0.39 is 0 Å². The summed E-state index contributed by atoms with van der Waals surface area (Å²) in [5.41, 5.74) is 4.04. The summed E-state index contributed by atoms with van der Waals surface area (Å²) in [6.45, 7) is 1.39. The molecule has 0 saturated carbocycles. The van der Waals surface area contributed by atoms with E-state index in [2.05, 4.69) is 22.3 Å². The molecule has 2 N–H and O–H groups in total. The molecule has 0 aromatic heterocycles. The molecule has 0 radical (unpaired) electrons. The molecule has 1 aliphatic rings. The third-order valence-electron chi connectivity index (χ3n) is 3.63. The van der Waals surface area contributed by atoms with Gasteiger partial charge in [-0.25, -0.2) is 0 Å². The van der Waals surface area contributed by atoms with E-state index in [0.29, 0.717) is 18.8 Å².